The Labute approximate surface area is 118 Å². The molecule has 0 heterocycles. The number of rotatable bonds is 10. The number of carbonyl (C=O) groups is 2. The number of amides is 1. The van der Waals surface area contributed by atoms with Gasteiger partial charge in [0, 0.05) is 24.9 Å². The van der Waals surface area contributed by atoms with E-state index in [1.54, 1.807) is 12.1 Å². The molecule has 5 nitrogen and oxygen atoms in total. The van der Waals surface area contributed by atoms with Gasteiger partial charge >= 0.3 is 0 Å². The summed E-state index contributed by atoms with van der Waals surface area (Å²) in [4.78, 5) is 23.2. The summed E-state index contributed by atoms with van der Waals surface area (Å²) in [7, 11) is 0. The number of benzene rings is 1. The van der Waals surface area contributed by atoms with Gasteiger partial charge in [0.25, 0.3) is 0 Å². The van der Waals surface area contributed by atoms with Crippen molar-refractivity contribution in [3.05, 3.63) is 35.9 Å². The van der Waals surface area contributed by atoms with E-state index in [9.17, 15) is 9.59 Å². The van der Waals surface area contributed by atoms with Gasteiger partial charge in [-0.15, -0.1) is 0 Å². The van der Waals surface area contributed by atoms with Crippen LogP contribution >= 0.6 is 0 Å². The zero-order chi connectivity index (χ0) is 14.6. The second-order valence-corrected chi connectivity index (χ2v) is 4.33. The minimum Gasteiger partial charge on any atom is -0.394 e. The van der Waals surface area contributed by atoms with E-state index in [1.807, 2.05) is 18.2 Å². The summed E-state index contributed by atoms with van der Waals surface area (Å²) in [6.45, 7) is 1.07. The highest BCUT2D eigenvalue weighted by Gasteiger charge is 2.06. The third kappa shape index (κ3) is 7.01. The van der Waals surface area contributed by atoms with Crippen molar-refractivity contribution in [2.75, 3.05) is 26.4 Å². The van der Waals surface area contributed by atoms with Gasteiger partial charge in [-0.3, -0.25) is 9.59 Å². The van der Waals surface area contributed by atoms with Crippen LogP contribution in [0.4, 0.5) is 0 Å². The zero-order valence-electron chi connectivity index (χ0n) is 11.5. The molecule has 0 unspecified atom stereocenters. The first-order valence-electron chi connectivity index (χ1n) is 6.77. The minimum absolute atomic E-state index is 0.0183. The molecule has 0 saturated heterocycles. The predicted octanol–water partition coefficient (Wildman–Crippen LogP) is 1.16. The quantitative estimate of drug-likeness (QED) is 0.498. The molecule has 0 aliphatic rings. The molecule has 0 bridgehead atoms. The highest BCUT2D eigenvalue weighted by Crippen LogP contribution is 2.06. The molecular formula is C15H21NO4. The molecule has 5 heteroatoms. The molecule has 1 amide bonds. The lowest BCUT2D eigenvalue weighted by Crippen LogP contribution is -2.27. The number of hydrogen-bond acceptors (Lipinski definition) is 4. The summed E-state index contributed by atoms with van der Waals surface area (Å²) in [5.41, 5.74) is 0.685. The number of hydrogen-bond donors (Lipinski definition) is 2. The van der Waals surface area contributed by atoms with E-state index in [0.29, 0.717) is 38.0 Å². The first-order valence-corrected chi connectivity index (χ1v) is 6.77. The molecule has 0 fully saturated rings. The smallest absolute Gasteiger partial charge is 0.220 e. The third-order valence-electron chi connectivity index (χ3n) is 2.71. The van der Waals surface area contributed by atoms with Gasteiger partial charge in [0.1, 0.15) is 0 Å². The minimum atomic E-state index is -0.0848. The Morgan fingerprint density at radius 2 is 1.85 bits per heavy atom. The molecule has 1 rings (SSSR count). The number of ketones is 1. The van der Waals surface area contributed by atoms with E-state index in [1.165, 1.54) is 0 Å². The van der Waals surface area contributed by atoms with Crippen LogP contribution in [-0.2, 0) is 9.53 Å². The Kier molecular flexibility index (Phi) is 8.26. The van der Waals surface area contributed by atoms with Crippen molar-refractivity contribution in [3.8, 4) is 0 Å². The van der Waals surface area contributed by atoms with E-state index < -0.39 is 0 Å². The van der Waals surface area contributed by atoms with Gasteiger partial charge in [-0.05, 0) is 6.42 Å². The number of ether oxygens (including phenoxy) is 1. The fraction of sp³-hybridized carbons (Fsp3) is 0.467. The van der Waals surface area contributed by atoms with Gasteiger partial charge in [-0.25, -0.2) is 0 Å². The lowest BCUT2D eigenvalue weighted by atomic mass is 10.1. The van der Waals surface area contributed by atoms with Gasteiger partial charge in [0.05, 0.1) is 19.8 Å². The van der Waals surface area contributed by atoms with Crippen molar-refractivity contribution in [3.63, 3.8) is 0 Å². The molecule has 0 aliphatic carbocycles. The van der Waals surface area contributed by atoms with Gasteiger partial charge in [-0.2, -0.15) is 0 Å². The first-order chi connectivity index (χ1) is 9.74. The van der Waals surface area contributed by atoms with Crippen LogP contribution in [0.15, 0.2) is 30.3 Å². The maximum Gasteiger partial charge on any atom is 0.220 e. The van der Waals surface area contributed by atoms with E-state index in [2.05, 4.69) is 5.32 Å². The van der Waals surface area contributed by atoms with Crippen LogP contribution < -0.4 is 5.32 Å². The third-order valence-corrected chi connectivity index (χ3v) is 2.71. The van der Waals surface area contributed by atoms with Gasteiger partial charge in [0.15, 0.2) is 5.78 Å². The Hall–Kier alpha value is -1.72. The highest BCUT2D eigenvalue weighted by atomic mass is 16.5. The first kappa shape index (κ1) is 16.3. The maximum atomic E-state index is 11.8. The van der Waals surface area contributed by atoms with Gasteiger partial charge in [-0.1, -0.05) is 30.3 Å². The fourth-order valence-electron chi connectivity index (χ4n) is 1.70. The second-order valence-electron chi connectivity index (χ2n) is 4.33. The highest BCUT2D eigenvalue weighted by molar-refractivity contribution is 5.96. The molecule has 110 valence electrons. The summed E-state index contributed by atoms with van der Waals surface area (Å²) in [5, 5.41) is 11.2. The molecule has 1 aromatic rings. The van der Waals surface area contributed by atoms with Gasteiger partial charge < -0.3 is 15.2 Å². The fourth-order valence-corrected chi connectivity index (χ4v) is 1.70. The van der Waals surface area contributed by atoms with Crippen LogP contribution in [-0.4, -0.2) is 43.2 Å². The van der Waals surface area contributed by atoms with Gasteiger partial charge in [0.2, 0.25) is 5.91 Å². The summed E-state index contributed by atoms with van der Waals surface area (Å²) < 4.78 is 5.01. The molecule has 0 atom stereocenters. The summed E-state index contributed by atoms with van der Waals surface area (Å²) in [5.74, 6) is -0.0249. The maximum absolute atomic E-state index is 11.8. The molecule has 20 heavy (non-hydrogen) atoms. The second kappa shape index (κ2) is 10.1. The van der Waals surface area contributed by atoms with Crippen LogP contribution in [0.3, 0.4) is 0 Å². The number of aliphatic hydroxyl groups is 1. The zero-order valence-corrected chi connectivity index (χ0v) is 11.5. The van der Waals surface area contributed by atoms with Crippen molar-refractivity contribution in [2.24, 2.45) is 0 Å². The van der Waals surface area contributed by atoms with Crippen molar-refractivity contribution in [2.45, 2.75) is 19.3 Å². The van der Waals surface area contributed by atoms with Crippen molar-refractivity contribution < 1.29 is 19.4 Å². The average molecular weight is 279 g/mol. The molecule has 2 N–H and O–H groups in total. The normalized spacial score (nSPS) is 10.2. The van der Waals surface area contributed by atoms with E-state index in [4.69, 9.17) is 9.84 Å². The van der Waals surface area contributed by atoms with Crippen LogP contribution in [0, 0.1) is 0 Å². The monoisotopic (exact) mass is 279 g/mol. The molecule has 0 saturated carbocycles. The van der Waals surface area contributed by atoms with Crippen molar-refractivity contribution in [1.29, 1.82) is 0 Å². The van der Waals surface area contributed by atoms with E-state index in [-0.39, 0.29) is 24.9 Å². The van der Waals surface area contributed by atoms with Crippen LogP contribution in [0.1, 0.15) is 29.6 Å². The number of carbonyl (C=O) groups excluding carboxylic acids is 2. The lowest BCUT2D eigenvalue weighted by Gasteiger charge is -2.05. The molecular weight excluding hydrogens is 258 g/mol. The summed E-state index contributed by atoms with van der Waals surface area (Å²) in [6.07, 6.45) is 1.24. The average Bonchev–Trinajstić information content (AvgIpc) is 2.48. The largest absolute Gasteiger partial charge is 0.394 e. The van der Waals surface area contributed by atoms with E-state index >= 15 is 0 Å². The molecule has 0 spiro atoms. The molecule has 0 aromatic heterocycles. The Morgan fingerprint density at radius 1 is 1.10 bits per heavy atom. The van der Waals surface area contributed by atoms with Crippen LogP contribution in [0.5, 0.6) is 0 Å². The molecule has 1 aromatic carbocycles. The SMILES string of the molecule is O=C(CCCC(=O)c1ccccc1)NCCOCCO. The number of aliphatic hydroxyl groups excluding tert-OH is 1. The molecule has 0 aliphatic heterocycles. The Bertz CT molecular complexity index is 406. The summed E-state index contributed by atoms with van der Waals surface area (Å²) in [6, 6.07) is 9.07. The Balaban J connectivity index is 2.08. The van der Waals surface area contributed by atoms with Crippen molar-refractivity contribution >= 4 is 11.7 Å². The number of Topliss-reactive ketones (excluding diaryl/α,β-unsaturated/α-hetero) is 1. The number of nitrogens with one attached hydrogen (secondary N) is 1. The summed E-state index contributed by atoms with van der Waals surface area (Å²) >= 11 is 0. The molecule has 0 radical (unpaired) electrons. The standard InChI is InChI=1S/C15H21NO4/c17-10-12-20-11-9-16-15(19)8-4-7-14(18)13-5-2-1-3-6-13/h1-3,5-6,17H,4,7-12H2,(H,16,19). The topological polar surface area (TPSA) is 75.6 Å². The predicted molar refractivity (Wildman–Crippen MR) is 75.5 cm³/mol. The lowest BCUT2D eigenvalue weighted by molar-refractivity contribution is -0.121. The Morgan fingerprint density at radius 3 is 2.55 bits per heavy atom. The van der Waals surface area contributed by atoms with Crippen LogP contribution in [0.2, 0.25) is 0 Å². The van der Waals surface area contributed by atoms with E-state index in [0.717, 1.165) is 0 Å². The van der Waals surface area contributed by atoms with Crippen LogP contribution in [0.25, 0.3) is 0 Å². The van der Waals surface area contributed by atoms with Crippen molar-refractivity contribution in [1.82, 2.24) is 5.32 Å².